The zero-order valence-corrected chi connectivity index (χ0v) is 15.1. The van der Waals surface area contributed by atoms with Crippen LogP contribution in [0.1, 0.15) is 17.2 Å². The van der Waals surface area contributed by atoms with Gasteiger partial charge in [0.15, 0.2) is 0 Å². The Kier molecular flexibility index (Phi) is 7.25. The third kappa shape index (κ3) is 5.74. The first-order chi connectivity index (χ1) is 12.0. The van der Waals surface area contributed by atoms with Crippen molar-refractivity contribution >= 4 is 35.0 Å². The largest absolute Gasteiger partial charge is 0.375 e. The van der Waals surface area contributed by atoms with E-state index in [1.54, 1.807) is 36.4 Å². The molecular formula is C18H18Cl2N2O3. The van der Waals surface area contributed by atoms with Crippen molar-refractivity contribution in [2.75, 3.05) is 13.7 Å². The first-order valence-corrected chi connectivity index (χ1v) is 8.34. The molecule has 0 heterocycles. The number of benzene rings is 2. The third-order valence-corrected chi connectivity index (χ3v) is 4.15. The molecule has 0 spiro atoms. The lowest BCUT2D eigenvalue weighted by molar-refractivity contribution is -0.139. The van der Waals surface area contributed by atoms with Crippen LogP contribution in [-0.4, -0.2) is 25.5 Å². The second-order valence-corrected chi connectivity index (χ2v) is 6.11. The summed E-state index contributed by atoms with van der Waals surface area (Å²) >= 11 is 11.9. The van der Waals surface area contributed by atoms with E-state index in [0.717, 1.165) is 11.1 Å². The van der Waals surface area contributed by atoms with Crippen molar-refractivity contribution in [3.05, 3.63) is 69.7 Å². The fourth-order valence-corrected chi connectivity index (χ4v) is 2.57. The number of carbonyl (C=O) groups is 2. The lowest BCUT2D eigenvalue weighted by atomic mass is 10.1. The third-order valence-electron chi connectivity index (χ3n) is 3.56. The van der Waals surface area contributed by atoms with E-state index in [-0.39, 0.29) is 13.1 Å². The van der Waals surface area contributed by atoms with E-state index in [1.165, 1.54) is 7.11 Å². The Bertz CT molecular complexity index is 735. The van der Waals surface area contributed by atoms with Crippen molar-refractivity contribution in [3.8, 4) is 0 Å². The number of ether oxygens (including phenoxy) is 1. The minimum absolute atomic E-state index is 0.132. The zero-order valence-electron chi connectivity index (χ0n) is 13.6. The lowest BCUT2D eigenvalue weighted by Crippen LogP contribution is -2.41. The SMILES string of the molecule is COC(CNC(=O)C(=O)NCc1ccc(Cl)cc1)c1ccccc1Cl. The molecule has 2 rings (SSSR count). The van der Waals surface area contributed by atoms with Crippen LogP contribution in [0.5, 0.6) is 0 Å². The van der Waals surface area contributed by atoms with Gasteiger partial charge in [0.05, 0.1) is 0 Å². The topological polar surface area (TPSA) is 67.4 Å². The molecular weight excluding hydrogens is 363 g/mol. The summed E-state index contributed by atoms with van der Waals surface area (Å²) in [5, 5.41) is 6.25. The molecule has 2 amide bonds. The number of methoxy groups -OCH3 is 1. The van der Waals surface area contributed by atoms with E-state index >= 15 is 0 Å². The maximum Gasteiger partial charge on any atom is 0.309 e. The number of halogens is 2. The van der Waals surface area contributed by atoms with Crippen LogP contribution >= 0.6 is 23.2 Å². The molecule has 0 radical (unpaired) electrons. The van der Waals surface area contributed by atoms with Gasteiger partial charge >= 0.3 is 11.8 Å². The average molecular weight is 381 g/mol. The van der Waals surface area contributed by atoms with E-state index in [2.05, 4.69) is 10.6 Å². The molecule has 1 unspecified atom stereocenters. The second kappa shape index (κ2) is 9.42. The molecule has 0 aliphatic heterocycles. The Labute approximate surface area is 156 Å². The zero-order chi connectivity index (χ0) is 18.2. The first kappa shape index (κ1) is 19.2. The van der Waals surface area contributed by atoms with Gasteiger partial charge in [-0.05, 0) is 23.8 Å². The highest BCUT2D eigenvalue weighted by Crippen LogP contribution is 2.24. The van der Waals surface area contributed by atoms with Gasteiger partial charge < -0.3 is 15.4 Å². The molecule has 0 bridgehead atoms. The minimum atomic E-state index is -0.733. The summed E-state index contributed by atoms with van der Waals surface area (Å²) in [6, 6.07) is 14.2. The standard InChI is InChI=1S/C18H18Cl2N2O3/c1-25-16(14-4-2-3-5-15(14)20)11-22-18(24)17(23)21-10-12-6-8-13(19)9-7-12/h2-9,16H,10-11H2,1H3,(H,21,23)(H,22,24). The Morgan fingerprint density at radius 1 is 1.00 bits per heavy atom. The first-order valence-electron chi connectivity index (χ1n) is 7.59. The summed E-state index contributed by atoms with van der Waals surface area (Å²) in [6.45, 7) is 0.370. The molecule has 132 valence electrons. The van der Waals surface area contributed by atoms with E-state index in [4.69, 9.17) is 27.9 Å². The lowest BCUT2D eigenvalue weighted by Gasteiger charge is -2.17. The fraction of sp³-hybridized carbons (Fsp3) is 0.222. The summed E-state index contributed by atoms with van der Waals surface area (Å²) in [5.41, 5.74) is 1.59. The molecule has 2 aromatic carbocycles. The number of nitrogens with one attached hydrogen (secondary N) is 2. The number of carbonyl (C=O) groups excluding carboxylic acids is 2. The molecule has 1 atom stereocenters. The van der Waals surface area contributed by atoms with Crippen molar-refractivity contribution in [1.82, 2.24) is 10.6 Å². The predicted octanol–water partition coefficient (Wildman–Crippen LogP) is 3.11. The van der Waals surface area contributed by atoms with E-state index in [0.29, 0.717) is 10.0 Å². The molecule has 7 heteroatoms. The molecule has 0 saturated carbocycles. The van der Waals surface area contributed by atoms with Crippen LogP contribution in [0, 0.1) is 0 Å². The highest BCUT2D eigenvalue weighted by atomic mass is 35.5. The summed E-state index contributed by atoms with van der Waals surface area (Å²) < 4.78 is 5.34. The number of rotatable bonds is 6. The molecule has 5 nitrogen and oxygen atoms in total. The van der Waals surface area contributed by atoms with Gasteiger partial charge in [0.1, 0.15) is 6.10 Å². The quantitative estimate of drug-likeness (QED) is 0.756. The number of hydrogen-bond donors (Lipinski definition) is 2. The highest BCUT2D eigenvalue weighted by Gasteiger charge is 2.18. The van der Waals surface area contributed by atoms with Crippen molar-refractivity contribution in [1.29, 1.82) is 0 Å². The van der Waals surface area contributed by atoms with Gasteiger partial charge in [-0.25, -0.2) is 0 Å². The van der Waals surface area contributed by atoms with Crippen LogP contribution in [0.4, 0.5) is 0 Å². The molecule has 0 saturated heterocycles. The van der Waals surface area contributed by atoms with Gasteiger partial charge in [-0.15, -0.1) is 0 Å². The average Bonchev–Trinajstić information content (AvgIpc) is 2.62. The van der Waals surface area contributed by atoms with Gasteiger partial charge in [-0.3, -0.25) is 9.59 Å². The van der Waals surface area contributed by atoms with Crippen LogP contribution in [0.15, 0.2) is 48.5 Å². The van der Waals surface area contributed by atoms with Gasteiger partial charge in [0, 0.05) is 35.8 Å². The van der Waals surface area contributed by atoms with Crippen molar-refractivity contribution in [2.24, 2.45) is 0 Å². The Morgan fingerprint density at radius 3 is 2.28 bits per heavy atom. The van der Waals surface area contributed by atoms with E-state index in [9.17, 15) is 9.59 Å². The molecule has 2 aromatic rings. The normalized spacial score (nSPS) is 11.6. The van der Waals surface area contributed by atoms with Crippen LogP contribution < -0.4 is 10.6 Å². The maximum absolute atomic E-state index is 11.9. The van der Waals surface area contributed by atoms with E-state index < -0.39 is 17.9 Å². The predicted molar refractivity (Wildman–Crippen MR) is 97.5 cm³/mol. The van der Waals surface area contributed by atoms with Crippen LogP contribution in [-0.2, 0) is 20.9 Å². The summed E-state index contributed by atoms with van der Waals surface area (Å²) in [7, 11) is 1.51. The van der Waals surface area contributed by atoms with Crippen molar-refractivity contribution < 1.29 is 14.3 Å². The summed E-state index contributed by atoms with van der Waals surface area (Å²) in [4.78, 5) is 23.8. The van der Waals surface area contributed by atoms with Crippen molar-refractivity contribution in [2.45, 2.75) is 12.6 Å². The number of hydrogen-bond acceptors (Lipinski definition) is 3. The van der Waals surface area contributed by atoms with E-state index in [1.807, 2.05) is 12.1 Å². The molecule has 25 heavy (non-hydrogen) atoms. The smallest absolute Gasteiger partial charge is 0.309 e. The second-order valence-electron chi connectivity index (χ2n) is 5.27. The monoisotopic (exact) mass is 380 g/mol. The minimum Gasteiger partial charge on any atom is -0.375 e. The van der Waals surface area contributed by atoms with Crippen LogP contribution in [0.3, 0.4) is 0 Å². The van der Waals surface area contributed by atoms with Gasteiger partial charge in [0.2, 0.25) is 0 Å². The van der Waals surface area contributed by atoms with Gasteiger partial charge in [-0.1, -0.05) is 53.5 Å². The maximum atomic E-state index is 11.9. The molecule has 2 N–H and O–H groups in total. The number of amides is 2. The Balaban J connectivity index is 1.85. The Morgan fingerprint density at radius 2 is 1.64 bits per heavy atom. The molecule has 0 aliphatic rings. The Hall–Kier alpha value is -2.08. The molecule has 0 aromatic heterocycles. The van der Waals surface area contributed by atoms with Crippen LogP contribution in [0.2, 0.25) is 10.0 Å². The summed E-state index contributed by atoms with van der Waals surface area (Å²) in [5.74, 6) is -1.45. The van der Waals surface area contributed by atoms with Crippen LogP contribution in [0.25, 0.3) is 0 Å². The van der Waals surface area contributed by atoms with Gasteiger partial charge in [-0.2, -0.15) is 0 Å². The van der Waals surface area contributed by atoms with Gasteiger partial charge in [0.25, 0.3) is 0 Å². The summed E-state index contributed by atoms with van der Waals surface area (Å²) in [6.07, 6.45) is -0.443. The molecule has 0 fully saturated rings. The molecule has 0 aliphatic carbocycles. The van der Waals surface area contributed by atoms with Crippen molar-refractivity contribution in [3.63, 3.8) is 0 Å². The highest BCUT2D eigenvalue weighted by molar-refractivity contribution is 6.35. The fourth-order valence-electron chi connectivity index (χ4n) is 2.19.